The van der Waals surface area contributed by atoms with Crippen molar-refractivity contribution in [3.05, 3.63) is 106 Å². The SMILES string of the molecule is CCOc1ccc2c(c1)c(=O)c(C(=O)c1ccc(F)cc1)cn2Cc1cccc(OC)c1. The van der Waals surface area contributed by atoms with Crippen molar-refractivity contribution in [3.63, 3.8) is 0 Å². The first-order valence-electron chi connectivity index (χ1n) is 10.2. The van der Waals surface area contributed by atoms with Crippen molar-refractivity contribution in [1.29, 1.82) is 0 Å². The van der Waals surface area contributed by atoms with Crippen LogP contribution in [0, 0.1) is 5.82 Å². The predicted octanol–water partition coefficient (Wildman–Crippen LogP) is 4.83. The Morgan fingerprint density at radius 3 is 2.50 bits per heavy atom. The molecule has 0 saturated heterocycles. The minimum atomic E-state index is -0.460. The molecule has 6 heteroatoms. The molecule has 1 aromatic heterocycles. The second kappa shape index (κ2) is 9.06. The average molecular weight is 431 g/mol. The summed E-state index contributed by atoms with van der Waals surface area (Å²) in [5.74, 6) is 0.362. The number of nitrogens with zero attached hydrogens (tertiary/aromatic N) is 1. The molecule has 0 fully saturated rings. The van der Waals surface area contributed by atoms with Gasteiger partial charge in [0.15, 0.2) is 5.78 Å². The quantitative estimate of drug-likeness (QED) is 0.394. The Bertz CT molecular complexity index is 1340. The van der Waals surface area contributed by atoms with Gasteiger partial charge in [0.1, 0.15) is 17.3 Å². The number of hydrogen-bond acceptors (Lipinski definition) is 4. The summed E-state index contributed by atoms with van der Waals surface area (Å²) < 4.78 is 26.1. The van der Waals surface area contributed by atoms with E-state index in [4.69, 9.17) is 9.47 Å². The number of benzene rings is 3. The van der Waals surface area contributed by atoms with Crippen LogP contribution in [0.2, 0.25) is 0 Å². The van der Waals surface area contributed by atoms with Crippen LogP contribution in [0.5, 0.6) is 11.5 Å². The van der Waals surface area contributed by atoms with Gasteiger partial charge in [-0.2, -0.15) is 0 Å². The average Bonchev–Trinajstić information content (AvgIpc) is 2.81. The topological polar surface area (TPSA) is 57.5 Å². The van der Waals surface area contributed by atoms with Crippen molar-refractivity contribution in [1.82, 2.24) is 4.57 Å². The van der Waals surface area contributed by atoms with Gasteiger partial charge in [-0.15, -0.1) is 0 Å². The van der Waals surface area contributed by atoms with Crippen molar-refractivity contribution in [3.8, 4) is 11.5 Å². The summed E-state index contributed by atoms with van der Waals surface area (Å²) >= 11 is 0. The lowest BCUT2D eigenvalue weighted by Crippen LogP contribution is -2.20. The third kappa shape index (κ3) is 4.25. The molecule has 4 rings (SSSR count). The molecule has 5 nitrogen and oxygen atoms in total. The molecule has 0 aliphatic carbocycles. The maximum Gasteiger partial charge on any atom is 0.200 e. The van der Waals surface area contributed by atoms with E-state index < -0.39 is 17.0 Å². The van der Waals surface area contributed by atoms with Gasteiger partial charge in [-0.25, -0.2) is 4.39 Å². The second-order valence-electron chi connectivity index (χ2n) is 7.30. The number of hydrogen-bond donors (Lipinski definition) is 0. The third-order valence-electron chi connectivity index (χ3n) is 5.20. The van der Waals surface area contributed by atoms with Crippen LogP contribution in [0.25, 0.3) is 10.9 Å². The van der Waals surface area contributed by atoms with Gasteiger partial charge >= 0.3 is 0 Å². The lowest BCUT2D eigenvalue weighted by Gasteiger charge is -2.15. The Labute approximate surface area is 184 Å². The molecule has 32 heavy (non-hydrogen) atoms. The fraction of sp³-hybridized carbons (Fsp3) is 0.154. The first-order valence-corrected chi connectivity index (χ1v) is 10.2. The lowest BCUT2D eigenvalue weighted by molar-refractivity contribution is 0.103. The summed E-state index contributed by atoms with van der Waals surface area (Å²) in [6.07, 6.45) is 1.57. The van der Waals surface area contributed by atoms with Crippen LogP contribution in [0.15, 0.2) is 77.7 Å². The van der Waals surface area contributed by atoms with Gasteiger partial charge in [-0.1, -0.05) is 12.1 Å². The van der Waals surface area contributed by atoms with E-state index >= 15 is 0 Å². The van der Waals surface area contributed by atoms with E-state index in [1.807, 2.05) is 41.8 Å². The van der Waals surface area contributed by atoms with E-state index in [2.05, 4.69) is 0 Å². The number of carbonyl (C=O) groups excluding carboxylic acids is 1. The molecule has 0 unspecified atom stereocenters. The summed E-state index contributed by atoms with van der Waals surface area (Å²) in [6, 6.07) is 18.0. The summed E-state index contributed by atoms with van der Waals surface area (Å²) in [4.78, 5) is 26.4. The van der Waals surface area contributed by atoms with Crippen LogP contribution in [-0.4, -0.2) is 24.1 Å². The van der Waals surface area contributed by atoms with Gasteiger partial charge in [0.2, 0.25) is 5.43 Å². The van der Waals surface area contributed by atoms with Gasteiger partial charge in [0, 0.05) is 18.3 Å². The normalized spacial score (nSPS) is 10.8. The molecule has 162 valence electrons. The zero-order chi connectivity index (χ0) is 22.7. The van der Waals surface area contributed by atoms with Gasteiger partial charge in [-0.3, -0.25) is 9.59 Å². The Hall–Kier alpha value is -3.93. The molecular formula is C26H22FNO4. The van der Waals surface area contributed by atoms with Crippen molar-refractivity contribution in [2.45, 2.75) is 13.5 Å². The highest BCUT2D eigenvalue weighted by atomic mass is 19.1. The highest BCUT2D eigenvalue weighted by molar-refractivity contribution is 6.10. The highest BCUT2D eigenvalue weighted by Gasteiger charge is 2.18. The molecule has 0 saturated carbocycles. The van der Waals surface area contributed by atoms with Crippen LogP contribution in [0.3, 0.4) is 0 Å². The molecule has 0 radical (unpaired) electrons. The Balaban J connectivity index is 1.89. The molecule has 4 aromatic rings. The summed E-state index contributed by atoms with van der Waals surface area (Å²) in [5, 5.41) is 0.381. The van der Waals surface area contributed by atoms with Crippen molar-refractivity contribution >= 4 is 16.7 Å². The smallest absolute Gasteiger partial charge is 0.200 e. The number of ether oxygens (including phenoxy) is 2. The van der Waals surface area contributed by atoms with E-state index in [0.717, 1.165) is 5.56 Å². The largest absolute Gasteiger partial charge is 0.497 e. The minimum absolute atomic E-state index is 0.0145. The van der Waals surface area contributed by atoms with Gasteiger partial charge in [-0.05, 0) is 67.1 Å². The molecule has 3 aromatic carbocycles. The fourth-order valence-corrected chi connectivity index (χ4v) is 3.65. The number of fused-ring (bicyclic) bond motifs is 1. The predicted molar refractivity (Wildman–Crippen MR) is 121 cm³/mol. The number of ketones is 1. The minimum Gasteiger partial charge on any atom is -0.497 e. The molecule has 0 amide bonds. The highest BCUT2D eigenvalue weighted by Crippen LogP contribution is 2.22. The first kappa shape index (κ1) is 21.3. The Morgan fingerprint density at radius 2 is 1.78 bits per heavy atom. The van der Waals surface area contributed by atoms with Crippen LogP contribution in [0.4, 0.5) is 4.39 Å². The van der Waals surface area contributed by atoms with E-state index in [0.29, 0.717) is 35.6 Å². The Kier molecular flexibility index (Phi) is 6.03. The number of rotatable bonds is 7. The zero-order valence-corrected chi connectivity index (χ0v) is 17.8. The molecular weight excluding hydrogens is 409 g/mol. The maximum absolute atomic E-state index is 13.3. The molecule has 0 aliphatic rings. The molecule has 0 N–H and O–H groups in total. The molecule has 1 heterocycles. The van der Waals surface area contributed by atoms with Crippen molar-refractivity contribution < 1.29 is 18.7 Å². The van der Waals surface area contributed by atoms with E-state index in [9.17, 15) is 14.0 Å². The molecule has 0 atom stereocenters. The maximum atomic E-state index is 13.3. The number of aromatic nitrogens is 1. The van der Waals surface area contributed by atoms with Gasteiger partial charge in [0.25, 0.3) is 0 Å². The lowest BCUT2D eigenvalue weighted by atomic mass is 10.0. The van der Waals surface area contributed by atoms with Crippen molar-refractivity contribution in [2.24, 2.45) is 0 Å². The van der Waals surface area contributed by atoms with Crippen LogP contribution in [-0.2, 0) is 6.54 Å². The van der Waals surface area contributed by atoms with E-state index in [1.165, 1.54) is 24.3 Å². The standard InChI is InChI=1S/C26H22FNO4/c1-3-32-21-11-12-24-22(14-21)26(30)23(25(29)18-7-9-19(27)10-8-18)16-28(24)15-17-5-4-6-20(13-17)31-2/h4-14,16H,3,15H2,1-2H3. The van der Waals surface area contributed by atoms with Crippen molar-refractivity contribution in [2.75, 3.05) is 13.7 Å². The summed E-state index contributed by atoms with van der Waals surface area (Å²) in [5.41, 5.74) is 1.50. The van der Waals surface area contributed by atoms with Gasteiger partial charge < -0.3 is 14.0 Å². The van der Waals surface area contributed by atoms with Crippen LogP contribution >= 0.6 is 0 Å². The molecule has 0 aliphatic heterocycles. The number of methoxy groups -OCH3 is 1. The molecule has 0 spiro atoms. The van der Waals surface area contributed by atoms with Gasteiger partial charge in [0.05, 0.1) is 30.2 Å². The monoisotopic (exact) mass is 431 g/mol. The first-order chi connectivity index (χ1) is 15.5. The molecule has 0 bridgehead atoms. The zero-order valence-electron chi connectivity index (χ0n) is 17.8. The second-order valence-corrected chi connectivity index (χ2v) is 7.30. The fourth-order valence-electron chi connectivity index (χ4n) is 3.65. The number of carbonyl (C=O) groups is 1. The summed E-state index contributed by atoms with van der Waals surface area (Å²) in [6.45, 7) is 2.74. The summed E-state index contributed by atoms with van der Waals surface area (Å²) in [7, 11) is 1.60. The number of halogens is 1. The van der Waals surface area contributed by atoms with E-state index in [1.54, 1.807) is 25.4 Å². The van der Waals surface area contributed by atoms with E-state index in [-0.39, 0.29) is 11.1 Å². The Morgan fingerprint density at radius 1 is 1.00 bits per heavy atom. The van der Waals surface area contributed by atoms with Crippen LogP contribution < -0.4 is 14.9 Å². The van der Waals surface area contributed by atoms with Crippen LogP contribution in [0.1, 0.15) is 28.4 Å². The third-order valence-corrected chi connectivity index (χ3v) is 5.20. The number of pyridine rings is 1.